The topological polar surface area (TPSA) is 65.2 Å². The number of hydrogen-bond donors (Lipinski definition) is 0. The number of nitriles is 1. The highest BCUT2D eigenvalue weighted by Gasteiger charge is 2.31. The van der Waals surface area contributed by atoms with E-state index < -0.39 is 0 Å². The molecule has 2 heterocycles. The van der Waals surface area contributed by atoms with Crippen LogP contribution in [0, 0.1) is 18.3 Å². The molecular formula is C26H27N5O. The van der Waals surface area contributed by atoms with Crippen molar-refractivity contribution in [2.24, 2.45) is 0 Å². The predicted molar refractivity (Wildman–Crippen MR) is 123 cm³/mol. The average molecular weight is 426 g/mol. The molecule has 1 fully saturated rings. The Balaban J connectivity index is 1.29. The van der Waals surface area contributed by atoms with E-state index in [1.807, 2.05) is 46.0 Å². The van der Waals surface area contributed by atoms with E-state index in [0.717, 1.165) is 50.1 Å². The number of hydrogen-bond acceptors (Lipinski definition) is 4. The van der Waals surface area contributed by atoms with Crippen LogP contribution >= 0.6 is 0 Å². The van der Waals surface area contributed by atoms with E-state index in [0.29, 0.717) is 24.3 Å². The fourth-order valence-electron chi connectivity index (χ4n) is 4.81. The number of piperazine rings is 1. The Hall–Kier alpha value is -3.43. The number of nitrogens with zero attached hydrogens (tertiary/aromatic N) is 5. The van der Waals surface area contributed by atoms with Crippen molar-refractivity contribution in [2.75, 3.05) is 26.2 Å². The molecule has 0 unspecified atom stereocenters. The lowest BCUT2D eigenvalue weighted by Crippen LogP contribution is -2.48. The number of amides is 1. The maximum atomic E-state index is 13.4. The van der Waals surface area contributed by atoms with Crippen molar-refractivity contribution < 1.29 is 4.79 Å². The van der Waals surface area contributed by atoms with Crippen molar-refractivity contribution in [2.45, 2.75) is 32.7 Å². The molecular weight excluding hydrogens is 398 g/mol. The standard InChI is InChI=1S/C26H27N5O/c1-19-5-2-3-7-23(19)31-24-8-4-6-22(24)25(28-31)26(32)30-15-13-29(14-16-30)18-21-11-9-20(17-27)10-12-21/h2-3,5,7,9-12H,4,6,8,13-16,18H2,1H3. The monoisotopic (exact) mass is 425 g/mol. The van der Waals surface area contributed by atoms with Gasteiger partial charge in [0.25, 0.3) is 5.91 Å². The Morgan fingerprint density at radius 3 is 2.50 bits per heavy atom. The summed E-state index contributed by atoms with van der Waals surface area (Å²) < 4.78 is 2.01. The second-order valence-corrected chi connectivity index (χ2v) is 8.70. The summed E-state index contributed by atoms with van der Waals surface area (Å²) >= 11 is 0. The highest BCUT2D eigenvalue weighted by molar-refractivity contribution is 5.94. The molecule has 1 amide bonds. The van der Waals surface area contributed by atoms with Crippen LogP contribution in [0.3, 0.4) is 0 Å². The molecule has 2 aromatic carbocycles. The summed E-state index contributed by atoms with van der Waals surface area (Å²) in [5, 5.41) is 13.8. The molecule has 2 aliphatic rings. The Bertz CT molecular complexity index is 1180. The third-order valence-electron chi connectivity index (χ3n) is 6.63. The van der Waals surface area contributed by atoms with Crippen LogP contribution in [-0.2, 0) is 19.4 Å². The first-order valence-corrected chi connectivity index (χ1v) is 11.3. The maximum Gasteiger partial charge on any atom is 0.274 e. The van der Waals surface area contributed by atoms with Gasteiger partial charge in [0.1, 0.15) is 0 Å². The van der Waals surface area contributed by atoms with Gasteiger partial charge in [0, 0.05) is 44.0 Å². The number of aromatic nitrogens is 2. The van der Waals surface area contributed by atoms with Gasteiger partial charge in [-0.15, -0.1) is 0 Å². The molecule has 0 atom stereocenters. The van der Waals surface area contributed by atoms with Gasteiger partial charge in [-0.05, 0) is 55.5 Å². The second-order valence-electron chi connectivity index (χ2n) is 8.70. The van der Waals surface area contributed by atoms with Crippen molar-refractivity contribution >= 4 is 5.91 Å². The van der Waals surface area contributed by atoms with Crippen LogP contribution in [0.2, 0.25) is 0 Å². The molecule has 1 aromatic heterocycles. The van der Waals surface area contributed by atoms with Crippen LogP contribution in [0.5, 0.6) is 0 Å². The third-order valence-corrected chi connectivity index (χ3v) is 6.63. The Morgan fingerprint density at radius 2 is 1.78 bits per heavy atom. The van der Waals surface area contributed by atoms with Gasteiger partial charge in [-0.1, -0.05) is 30.3 Å². The van der Waals surface area contributed by atoms with E-state index in [9.17, 15) is 4.79 Å². The van der Waals surface area contributed by atoms with Gasteiger partial charge in [-0.3, -0.25) is 9.69 Å². The highest BCUT2D eigenvalue weighted by atomic mass is 16.2. The molecule has 3 aromatic rings. The molecule has 0 radical (unpaired) electrons. The first kappa shape index (κ1) is 20.5. The maximum absolute atomic E-state index is 13.4. The van der Waals surface area contributed by atoms with Gasteiger partial charge in [-0.25, -0.2) is 4.68 Å². The zero-order valence-corrected chi connectivity index (χ0v) is 18.4. The Labute approximate surface area is 188 Å². The van der Waals surface area contributed by atoms with Crippen LogP contribution in [0.25, 0.3) is 5.69 Å². The van der Waals surface area contributed by atoms with E-state index in [4.69, 9.17) is 10.4 Å². The molecule has 1 aliphatic carbocycles. The van der Waals surface area contributed by atoms with Crippen LogP contribution in [0.4, 0.5) is 0 Å². The molecule has 0 saturated carbocycles. The fourth-order valence-corrected chi connectivity index (χ4v) is 4.81. The summed E-state index contributed by atoms with van der Waals surface area (Å²) in [5.41, 5.74) is 7.08. The molecule has 1 saturated heterocycles. The molecule has 0 N–H and O–H groups in total. The number of benzene rings is 2. The van der Waals surface area contributed by atoms with Crippen molar-refractivity contribution in [3.05, 3.63) is 82.2 Å². The minimum Gasteiger partial charge on any atom is -0.335 e. The van der Waals surface area contributed by atoms with E-state index in [1.54, 1.807) is 0 Å². The molecule has 0 spiro atoms. The van der Waals surface area contributed by atoms with E-state index in [-0.39, 0.29) is 5.91 Å². The fraction of sp³-hybridized carbons (Fsp3) is 0.346. The van der Waals surface area contributed by atoms with Gasteiger partial charge in [0.2, 0.25) is 0 Å². The van der Waals surface area contributed by atoms with E-state index >= 15 is 0 Å². The summed E-state index contributed by atoms with van der Waals surface area (Å²) in [6.45, 7) is 6.03. The highest BCUT2D eigenvalue weighted by Crippen LogP contribution is 2.29. The SMILES string of the molecule is Cc1ccccc1-n1nc(C(=O)N2CCN(Cc3ccc(C#N)cc3)CC2)c2c1CCC2. The summed E-state index contributed by atoms with van der Waals surface area (Å²) in [6, 6.07) is 18.1. The smallest absolute Gasteiger partial charge is 0.274 e. The molecule has 6 heteroatoms. The van der Waals surface area contributed by atoms with E-state index in [2.05, 4.69) is 30.0 Å². The van der Waals surface area contributed by atoms with Crippen molar-refractivity contribution in [3.63, 3.8) is 0 Å². The summed E-state index contributed by atoms with van der Waals surface area (Å²) in [5.74, 6) is 0.0634. The number of fused-ring (bicyclic) bond motifs is 1. The molecule has 32 heavy (non-hydrogen) atoms. The first-order chi connectivity index (χ1) is 15.6. The summed E-state index contributed by atoms with van der Waals surface area (Å²) in [4.78, 5) is 17.7. The lowest BCUT2D eigenvalue weighted by atomic mass is 10.1. The third kappa shape index (κ3) is 3.80. The van der Waals surface area contributed by atoms with Crippen LogP contribution in [0.1, 0.15) is 44.9 Å². The summed E-state index contributed by atoms with van der Waals surface area (Å²) in [7, 11) is 0. The molecule has 6 nitrogen and oxygen atoms in total. The lowest BCUT2D eigenvalue weighted by molar-refractivity contribution is 0.0621. The molecule has 0 bridgehead atoms. The summed E-state index contributed by atoms with van der Waals surface area (Å²) in [6.07, 6.45) is 2.99. The normalized spacial score (nSPS) is 16.1. The second kappa shape index (κ2) is 8.60. The zero-order valence-electron chi connectivity index (χ0n) is 18.4. The van der Waals surface area contributed by atoms with Crippen LogP contribution in [0.15, 0.2) is 48.5 Å². The number of para-hydroxylation sites is 1. The van der Waals surface area contributed by atoms with Crippen molar-refractivity contribution in [1.82, 2.24) is 19.6 Å². The molecule has 1 aliphatic heterocycles. The van der Waals surface area contributed by atoms with Gasteiger partial charge in [0.15, 0.2) is 5.69 Å². The number of aryl methyl sites for hydroxylation is 1. The predicted octanol–water partition coefficient (Wildman–Crippen LogP) is 3.50. The minimum atomic E-state index is 0.0634. The minimum absolute atomic E-state index is 0.0634. The Morgan fingerprint density at radius 1 is 1.03 bits per heavy atom. The largest absolute Gasteiger partial charge is 0.335 e. The van der Waals surface area contributed by atoms with Gasteiger partial charge in [-0.2, -0.15) is 10.4 Å². The lowest BCUT2D eigenvalue weighted by Gasteiger charge is -2.34. The number of carbonyl (C=O) groups is 1. The van der Waals surface area contributed by atoms with Crippen LogP contribution < -0.4 is 0 Å². The average Bonchev–Trinajstić information content (AvgIpc) is 3.43. The Kier molecular flexibility index (Phi) is 5.50. The van der Waals surface area contributed by atoms with Crippen molar-refractivity contribution in [1.29, 1.82) is 5.26 Å². The van der Waals surface area contributed by atoms with Crippen molar-refractivity contribution in [3.8, 4) is 11.8 Å². The molecule has 162 valence electrons. The number of rotatable bonds is 4. The first-order valence-electron chi connectivity index (χ1n) is 11.3. The van der Waals surface area contributed by atoms with Gasteiger partial charge >= 0.3 is 0 Å². The quantitative estimate of drug-likeness (QED) is 0.642. The van der Waals surface area contributed by atoms with Gasteiger partial charge < -0.3 is 4.90 Å². The zero-order chi connectivity index (χ0) is 22.1. The van der Waals surface area contributed by atoms with Crippen LogP contribution in [-0.4, -0.2) is 51.7 Å². The number of carbonyl (C=O) groups excluding carboxylic acids is 1. The van der Waals surface area contributed by atoms with E-state index in [1.165, 1.54) is 16.8 Å². The van der Waals surface area contributed by atoms with Gasteiger partial charge in [0.05, 0.1) is 17.3 Å². The molecule has 5 rings (SSSR count).